The van der Waals surface area contributed by atoms with Gasteiger partial charge in [-0.25, -0.2) is 9.97 Å². The Morgan fingerprint density at radius 3 is 2.57 bits per heavy atom. The van der Waals surface area contributed by atoms with Crippen LogP contribution in [-0.4, -0.2) is 42.3 Å². The summed E-state index contributed by atoms with van der Waals surface area (Å²) in [6.45, 7) is 5.89. The summed E-state index contributed by atoms with van der Waals surface area (Å²) >= 11 is 0. The maximum atomic E-state index is 5.98. The van der Waals surface area contributed by atoms with Crippen molar-refractivity contribution in [2.24, 2.45) is 11.7 Å². The van der Waals surface area contributed by atoms with E-state index in [-0.39, 0.29) is 6.04 Å². The van der Waals surface area contributed by atoms with Gasteiger partial charge in [-0.2, -0.15) is 0 Å². The molecule has 2 atom stereocenters. The summed E-state index contributed by atoms with van der Waals surface area (Å²) in [4.78, 5) is 11.4. The van der Waals surface area contributed by atoms with E-state index < -0.39 is 0 Å². The fraction of sp³-hybridized carbons (Fsp3) is 0.750. The van der Waals surface area contributed by atoms with Gasteiger partial charge < -0.3 is 15.4 Å². The molecule has 2 unspecified atom stereocenters. The Bertz CT molecular complexity index is 419. The van der Waals surface area contributed by atoms with Crippen LogP contribution in [0, 0.1) is 5.92 Å². The first-order valence-electron chi connectivity index (χ1n) is 7.97. The molecule has 1 aromatic rings. The van der Waals surface area contributed by atoms with E-state index in [1.165, 1.54) is 12.8 Å². The third kappa shape index (κ3) is 4.64. The zero-order chi connectivity index (χ0) is 15.2. The van der Waals surface area contributed by atoms with Crippen molar-refractivity contribution in [1.29, 1.82) is 0 Å². The molecule has 1 aliphatic carbocycles. The first-order chi connectivity index (χ1) is 10.2. The summed E-state index contributed by atoms with van der Waals surface area (Å²) in [6.07, 6.45) is 8.27. The van der Waals surface area contributed by atoms with Gasteiger partial charge >= 0.3 is 0 Å². The van der Waals surface area contributed by atoms with E-state index in [0.717, 1.165) is 36.8 Å². The molecule has 1 saturated carbocycles. The number of methoxy groups -OCH3 is 1. The van der Waals surface area contributed by atoms with Crippen molar-refractivity contribution in [1.82, 2.24) is 9.97 Å². The molecule has 0 aliphatic heterocycles. The van der Waals surface area contributed by atoms with Gasteiger partial charge in [0.1, 0.15) is 0 Å². The average molecular weight is 292 g/mol. The minimum absolute atomic E-state index is 0.189. The molecule has 1 fully saturated rings. The summed E-state index contributed by atoms with van der Waals surface area (Å²) in [5.41, 5.74) is 7.09. The zero-order valence-corrected chi connectivity index (χ0v) is 13.5. The van der Waals surface area contributed by atoms with Gasteiger partial charge in [-0.05, 0) is 44.1 Å². The number of nitrogens with zero attached hydrogens (tertiary/aromatic N) is 3. The largest absolute Gasteiger partial charge is 0.383 e. The van der Waals surface area contributed by atoms with Gasteiger partial charge in [0.25, 0.3) is 0 Å². The zero-order valence-electron chi connectivity index (χ0n) is 13.5. The van der Waals surface area contributed by atoms with Crippen LogP contribution in [0.3, 0.4) is 0 Å². The number of hydrogen-bond donors (Lipinski definition) is 1. The summed E-state index contributed by atoms with van der Waals surface area (Å²) in [5, 5.41) is 0. The van der Waals surface area contributed by atoms with Crippen molar-refractivity contribution in [3.8, 4) is 0 Å². The maximum absolute atomic E-state index is 5.98. The van der Waals surface area contributed by atoms with Gasteiger partial charge in [0.15, 0.2) is 0 Å². The fourth-order valence-electron chi connectivity index (χ4n) is 2.56. The molecular weight excluding hydrogens is 264 g/mol. The second-order valence-corrected chi connectivity index (χ2v) is 6.03. The Morgan fingerprint density at radius 2 is 2.05 bits per heavy atom. The van der Waals surface area contributed by atoms with Crippen LogP contribution >= 0.6 is 0 Å². The number of nitrogens with two attached hydrogens (primary N) is 1. The number of ether oxygens (including phenoxy) is 1. The highest BCUT2D eigenvalue weighted by molar-refractivity contribution is 5.32. The van der Waals surface area contributed by atoms with E-state index >= 15 is 0 Å². The Labute approximate surface area is 127 Å². The molecule has 21 heavy (non-hydrogen) atoms. The van der Waals surface area contributed by atoms with Crippen molar-refractivity contribution in [3.05, 3.63) is 18.0 Å². The molecule has 1 aliphatic rings. The van der Waals surface area contributed by atoms with E-state index in [1.54, 1.807) is 7.11 Å². The molecule has 0 saturated heterocycles. The van der Waals surface area contributed by atoms with Crippen molar-refractivity contribution < 1.29 is 4.74 Å². The SMILES string of the molecule is CCC(N)Cc1cnc(N(CCOC)C(C)C2CC2)nc1. The molecule has 118 valence electrons. The van der Waals surface area contributed by atoms with Gasteiger partial charge in [-0.1, -0.05) is 6.92 Å². The van der Waals surface area contributed by atoms with Crippen molar-refractivity contribution in [3.63, 3.8) is 0 Å². The van der Waals surface area contributed by atoms with Gasteiger partial charge in [0, 0.05) is 38.1 Å². The van der Waals surface area contributed by atoms with Gasteiger partial charge in [0.2, 0.25) is 5.95 Å². The molecule has 0 aromatic carbocycles. The second-order valence-electron chi connectivity index (χ2n) is 6.03. The number of hydrogen-bond acceptors (Lipinski definition) is 5. The average Bonchev–Trinajstić information content (AvgIpc) is 3.33. The quantitative estimate of drug-likeness (QED) is 0.754. The second kappa shape index (κ2) is 7.71. The van der Waals surface area contributed by atoms with Gasteiger partial charge in [0.05, 0.1) is 6.61 Å². The molecule has 5 heteroatoms. The molecule has 2 N–H and O–H groups in total. The van der Waals surface area contributed by atoms with Crippen LogP contribution in [-0.2, 0) is 11.2 Å². The lowest BCUT2D eigenvalue weighted by atomic mass is 10.1. The number of aromatic nitrogens is 2. The fourth-order valence-corrected chi connectivity index (χ4v) is 2.56. The highest BCUT2D eigenvalue weighted by atomic mass is 16.5. The molecule has 0 bridgehead atoms. The summed E-state index contributed by atoms with van der Waals surface area (Å²) in [5.74, 6) is 1.58. The summed E-state index contributed by atoms with van der Waals surface area (Å²) < 4.78 is 5.22. The molecule has 0 radical (unpaired) electrons. The van der Waals surface area contributed by atoms with E-state index in [1.807, 2.05) is 12.4 Å². The third-order valence-corrected chi connectivity index (χ3v) is 4.30. The van der Waals surface area contributed by atoms with E-state index in [4.69, 9.17) is 10.5 Å². The van der Waals surface area contributed by atoms with Crippen LogP contribution in [0.4, 0.5) is 5.95 Å². The summed E-state index contributed by atoms with van der Waals surface area (Å²) in [7, 11) is 1.73. The lowest BCUT2D eigenvalue weighted by molar-refractivity contribution is 0.202. The Balaban J connectivity index is 2.04. The lowest BCUT2D eigenvalue weighted by Crippen LogP contribution is -2.38. The molecular formula is C16H28N4O. The minimum Gasteiger partial charge on any atom is -0.383 e. The Morgan fingerprint density at radius 1 is 1.38 bits per heavy atom. The van der Waals surface area contributed by atoms with Gasteiger partial charge in [-0.15, -0.1) is 0 Å². The lowest BCUT2D eigenvalue weighted by Gasteiger charge is -2.29. The smallest absolute Gasteiger partial charge is 0.225 e. The van der Waals surface area contributed by atoms with Crippen LogP contribution in [0.5, 0.6) is 0 Å². The molecule has 1 aromatic heterocycles. The first-order valence-corrected chi connectivity index (χ1v) is 7.97. The molecule has 1 heterocycles. The third-order valence-electron chi connectivity index (χ3n) is 4.30. The molecule has 0 spiro atoms. The highest BCUT2D eigenvalue weighted by Crippen LogP contribution is 2.36. The summed E-state index contributed by atoms with van der Waals surface area (Å²) in [6, 6.07) is 0.665. The Hall–Kier alpha value is -1.20. The first kappa shape index (κ1) is 16.2. The molecule has 2 rings (SSSR count). The predicted molar refractivity (Wildman–Crippen MR) is 85.4 cm³/mol. The monoisotopic (exact) mass is 292 g/mol. The van der Waals surface area contributed by atoms with Crippen LogP contribution in [0.25, 0.3) is 0 Å². The van der Waals surface area contributed by atoms with E-state index in [9.17, 15) is 0 Å². The normalized spacial score (nSPS) is 17.5. The van der Waals surface area contributed by atoms with Gasteiger partial charge in [-0.3, -0.25) is 0 Å². The van der Waals surface area contributed by atoms with Crippen LogP contribution in [0.15, 0.2) is 12.4 Å². The van der Waals surface area contributed by atoms with Crippen molar-refractivity contribution in [2.75, 3.05) is 25.2 Å². The minimum atomic E-state index is 0.189. The standard InChI is InChI=1S/C16H28N4O/c1-4-15(17)9-13-10-18-16(19-11-13)20(7-8-21-3)12(2)14-5-6-14/h10-12,14-15H,4-9,17H2,1-3H3. The van der Waals surface area contributed by atoms with Crippen LogP contribution in [0.1, 0.15) is 38.7 Å². The number of anilines is 1. The van der Waals surface area contributed by atoms with Crippen LogP contribution < -0.4 is 10.6 Å². The Kier molecular flexibility index (Phi) is 5.94. The maximum Gasteiger partial charge on any atom is 0.225 e. The molecule has 5 nitrogen and oxygen atoms in total. The predicted octanol–water partition coefficient (Wildman–Crippen LogP) is 2.01. The number of rotatable bonds is 9. The van der Waals surface area contributed by atoms with Crippen molar-refractivity contribution >= 4 is 5.95 Å². The van der Waals surface area contributed by atoms with E-state index in [0.29, 0.717) is 12.6 Å². The van der Waals surface area contributed by atoms with Crippen LogP contribution in [0.2, 0.25) is 0 Å². The van der Waals surface area contributed by atoms with E-state index in [2.05, 4.69) is 28.7 Å². The highest BCUT2D eigenvalue weighted by Gasteiger charge is 2.33. The topological polar surface area (TPSA) is 64.3 Å². The van der Waals surface area contributed by atoms with Crippen molar-refractivity contribution in [2.45, 2.75) is 51.6 Å². The molecule has 0 amide bonds.